The maximum absolute atomic E-state index is 9.75. The van der Waals surface area contributed by atoms with Crippen LogP contribution < -0.4 is 10.2 Å². The van der Waals surface area contributed by atoms with Crippen molar-refractivity contribution in [3.8, 4) is 11.5 Å². The van der Waals surface area contributed by atoms with Crippen LogP contribution in [0.5, 0.6) is 11.5 Å². The molecule has 0 aliphatic heterocycles. The second-order valence-corrected chi connectivity index (χ2v) is 3.43. The number of hydrogen-bond donors (Lipinski definition) is 3. The number of rotatable bonds is 2. The molecule has 4 nitrogen and oxygen atoms in total. The minimum atomic E-state index is -1.57. The van der Waals surface area contributed by atoms with Crippen LogP contribution in [-0.4, -0.2) is 29.4 Å². The molecular formula is C11H11BO4. The third-order valence-corrected chi connectivity index (χ3v) is 2.51. The van der Waals surface area contributed by atoms with Crippen molar-refractivity contribution in [1.29, 1.82) is 0 Å². The Balaban J connectivity index is 2.85. The Morgan fingerprint density at radius 3 is 2.50 bits per heavy atom. The molecule has 0 saturated carbocycles. The molecule has 0 saturated heterocycles. The second-order valence-electron chi connectivity index (χ2n) is 3.43. The molecule has 2 aromatic rings. The molecule has 0 aromatic heterocycles. The summed E-state index contributed by atoms with van der Waals surface area (Å²) in [6.07, 6.45) is 0. The van der Waals surface area contributed by atoms with Crippen LogP contribution >= 0.6 is 0 Å². The summed E-state index contributed by atoms with van der Waals surface area (Å²) in [5.41, 5.74) is 0.340. The Morgan fingerprint density at radius 2 is 1.88 bits per heavy atom. The van der Waals surface area contributed by atoms with Crippen LogP contribution in [0.1, 0.15) is 0 Å². The highest BCUT2D eigenvalue weighted by molar-refractivity contribution is 6.62. The first-order valence-electron chi connectivity index (χ1n) is 4.80. The molecule has 0 bridgehead atoms. The molecule has 5 heteroatoms. The zero-order chi connectivity index (χ0) is 11.7. The van der Waals surface area contributed by atoms with Gasteiger partial charge in [0.1, 0.15) is 11.5 Å². The molecule has 0 radical (unpaired) electrons. The highest BCUT2D eigenvalue weighted by Gasteiger charge is 2.17. The van der Waals surface area contributed by atoms with Crippen LogP contribution in [0.3, 0.4) is 0 Å². The monoisotopic (exact) mass is 218 g/mol. The second kappa shape index (κ2) is 4.04. The molecule has 2 rings (SSSR count). The summed E-state index contributed by atoms with van der Waals surface area (Å²) in [7, 11) is -0.0776. The van der Waals surface area contributed by atoms with E-state index in [4.69, 9.17) is 4.74 Å². The van der Waals surface area contributed by atoms with Gasteiger partial charge in [0, 0.05) is 0 Å². The van der Waals surface area contributed by atoms with Gasteiger partial charge in [-0.1, -0.05) is 18.2 Å². The van der Waals surface area contributed by atoms with Crippen molar-refractivity contribution in [1.82, 2.24) is 0 Å². The molecule has 2 aromatic carbocycles. The van der Waals surface area contributed by atoms with E-state index in [1.807, 2.05) is 0 Å². The zero-order valence-electron chi connectivity index (χ0n) is 8.71. The molecule has 0 fully saturated rings. The lowest BCUT2D eigenvalue weighted by Gasteiger charge is -2.10. The highest BCUT2D eigenvalue weighted by Crippen LogP contribution is 2.31. The van der Waals surface area contributed by atoms with E-state index in [0.29, 0.717) is 22.0 Å². The number of aromatic hydroxyl groups is 1. The van der Waals surface area contributed by atoms with Crippen LogP contribution in [0.4, 0.5) is 0 Å². The topological polar surface area (TPSA) is 69.9 Å². The lowest BCUT2D eigenvalue weighted by atomic mass is 9.77. The van der Waals surface area contributed by atoms with Crippen molar-refractivity contribution in [3.05, 3.63) is 30.3 Å². The van der Waals surface area contributed by atoms with E-state index in [2.05, 4.69) is 0 Å². The number of hydrogen-bond acceptors (Lipinski definition) is 4. The van der Waals surface area contributed by atoms with Crippen molar-refractivity contribution >= 4 is 23.4 Å². The fraction of sp³-hybridized carbons (Fsp3) is 0.0909. The summed E-state index contributed by atoms with van der Waals surface area (Å²) in [4.78, 5) is 0. The van der Waals surface area contributed by atoms with Crippen LogP contribution in [0.2, 0.25) is 0 Å². The smallest absolute Gasteiger partial charge is 0.489 e. The van der Waals surface area contributed by atoms with Gasteiger partial charge in [0.05, 0.1) is 12.5 Å². The Hall–Kier alpha value is -1.72. The molecule has 0 atom stereocenters. The van der Waals surface area contributed by atoms with E-state index in [9.17, 15) is 15.2 Å². The molecule has 0 aliphatic rings. The fourth-order valence-corrected chi connectivity index (χ4v) is 1.77. The molecular weight excluding hydrogens is 207 g/mol. The van der Waals surface area contributed by atoms with E-state index in [0.717, 1.165) is 0 Å². The third kappa shape index (κ3) is 1.60. The lowest BCUT2D eigenvalue weighted by molar-refractivity contribution is 0.416. The van der Waals surface area contributed by atoms with Crippen LogP contribution in [-0.2, 0) is 0 Å². The molecule has 0 amide bonds. The number of phenolic OH excluding ortho intramolecular Hbond substituents is 1. The van der Waals surface area contributed by atoms with Crippen LogP contribution in [0.25, 0.3) is 10.8 Å². The molecule has 0 heterocycles. The Morgan fingerprint density at radius 1 is 1.12 bits per heavy atom. The minimum Gasteiger partial charge on any atom is -0.507 e. The third-order valence-electron chi connectivity index (χ3n) is 2.51. The van der Waals surface area contributed by atoms with E-state index < -0.39 is 7.12 Å². The van der Waals surface area contributed by atoms with Gasteiger partial charge in [-0.05, 0) is 23.0 Å². The van der Waals surface area contributed by atoms with Gasteiger partial charge in [-0.25, -0.2) is 0 Å². The van der Waals surface area contributed by atoms with Gasteiger partial charge in [-0.3, -0.25) is 0 Å². The maximum atomic E-state index is 9.75. The zero-order valence-corrected chi connectivity index (χ0v) is 8.71. The first-order chi connectivity index (χ1) is 7.65. The van der Waals surface area contributed by atoms with Gasteiger partial charge in [0.25, 0.3) is 0 Å². The summed E-state index contributed by atoms with van der Waals surface area (Å²) in [5, 5.41) is 29.2. The maximum Gasteiger partial charge on any atom is 0.489 e. The predicted octanol–water partition coefficient (Wildman–Crippen LogP) is 0.234. The standard InChI is InChI=1S/C11H11BO4/c1-16-10-4-2-3-7-8(12(14)15)5-6-9(13)11(7)10/h2-6,13-15H,1H3. The molecule has 3 N–H and O–H groups in total. The predicted molar refractivity (Wildman–Crippen MR) is 62.0 cm³/mol. The van der Waals surface area contributed by atoms with Gasteiger partial charge >= 0.3 is 7.12 Å². The summed E-state index contributed by atoms with van der Waals surface area (Å²) in [5.74, 6) is 0.550. The summed E-state index contributed by atoms with van der Waals surface area (Å²) in [6.45, 7) is 0. The van der Waals surface area contributed by atoms with Crippen molar-refractivity contribution in [2.24, 2.45) is 0 Å². The van der Waals surface area contributed by atoms with E-state index in [1.54, 1.807) is 18.2 Å². The first kappa shape index (κ1) is 10.8. The number of phenols is 1. The molecule has 0 aliphatic carbocycles. The largest absolute Gasteiger partial charge is 0.507 e. The van der Waals surface area contributed by atoms with Crippen molar-refractivity contribution < 1.29 is 19.9 Å². The molecule has 82 valence electrons. The van der Waals surface area contributed by atoms with Gasteiger partial charge < -0.3 is 19.9 Å². The summed E-state index contributed by atoms with van der Waals surface area (Å²) in [6, 6.07) is 8.02. The Kier molecular flexibility index (Phi) is 2.72. The quantitative estimate of drug-likeness (QED) is 0.631. The van der Waals surface area contributed by atoms with Crippen LogP contribution in [0, 0.1) is 0 Å². The Bertz CT molecular complexity index is 525. The van der Waals surface area contributed by atoms with Gasteiger partial charge in [0.2, 0.25) is 0 Å². The first-order valence-corrected chi connectivity index (χ1v) is 4.80. The Labute approximate surface area is 92.9 Å². The summed E-state index contributed by atoms with van der Waals surface area (Å²) < 4.78 is 5.12. The molecule has 0 spiro atoms. The van der Waals surface area contributed by atoms with E-state index >= 15 is 0 Å². The highest BCUT2D eigenvalue weighted by atomic mass is 16.5. The number of ether oxygens (including phenoxy) is 1. The number of methoxy groups -OCH3 is 1. The van der Waals surface area contributed by atoms with Crippen molar-refractivity contribution in [3.63, 3.8) is 0 Å². The molecule has 0 unspecified atom stereocenters. The SMILES string of the molecule is COc1cccc2c(B(O)O)ccc(O)c12. The van der Waals surface area contributed by atoms with Crippen LogP contribution in [0.15, 0.2) is 30.3 Å². The van der Waals surface area contributed by atoms with Gasteiger partial charge in [0.15, 0.2) is 0 Å². The van der Waals surface area contributed by atoms with Crippen molar-refractivity contribution in [2.75, 3.05) is 7.11 Å². The minimum absolute atomic E-state index is 0.0526. The van der Waals surface area contributed by atoms with Gasteiger partial charge in [-0.2, -0.15) is 0 Å². The van der Waals surface area contributed by atoms with E-state index in [1.165, 1.54) is 19.2 Å². The lowest BCUT2D eigenvalue weighted by Crippen LogP contribution is -2.30. The van der Waals surface area contributed by atoms with Gasteiger partial charge in [-0.15, -0.1) is 0 Å². The average Bonchev–Trinajstić information content (AvgIpc) is 2.28. The number of benzene rings is 2. The van der Waals surface area contributed by atoms with E-state index in [-0.39, 0.29) is 5.75 Å². The fourth-order valence-electron chi connectivity index (χ4n) is 1.77. The van der Waals surface area contributed by atoms with Crippen molar-refractivity contribution in [2.45, 2.75) is 0 Å². The molecule has 16 heavy (non-hydrogen) atoms. The number of fused-ring (bicyclic) bond motifs is 1. The summed E-state index contributed by atoms with van der Waals surface area (Å²) >= 11 is 0. The normalized spacial score (nSPS) is 10.4. The average molecular weight is 218 g/mol.